The summed E-state index contributed by atoms with van der Waals surface area (Å²) in [6.45, 7) is 0.322. The van der Waals surface area contributed by atoms with Crippen molar-refractivity contribution in [2.24, 2.45) is 0 Å². The van der Waals surface area contributed by atoms with Gasteiger partial charge in [-0.25, -0.2) is 0 Å². The van der Waals surface area contributed by atoms with E-state index in [9.17, 15) is 20.2 Å². The highest BCUT2D eigenvalue weighted by molar-refractivity contribution is 6.34. The Hall–Kier alpha value is -4.15. The topological polar surface area (TPSA) is 105 Å². The van der Waals surface area contributed by atoms with Crippen LogP contribution in [-0.4, -0.2) is 10.8 Å². The van der Waals surface area contributed by atoms with Crippen molar-refractivity contribution in [1.29, 1.82) is 5.26 Å². The van der Waals surface area contributed by atoms with Gasteiger partial charge in [-0.15, -0.1) is 0 Å². The zero-order chi connectivity index (χ0) is 22.2. The lowest BCUT2D eigenvalue weighted by atomic mass is 10.1. The molecule has 0 saturated heterocycles. The fraction of sp³-hybridized carbons (Fsp3) is 0.0435. The van der Waals surface area contributed by atoms with Gasteiger partial charge in [0.1, 0.15) is 24.0 Å². The molecule has 7 nitrogen and oxygen atoms in total. The highest BCUT2D eigenvalue weighted by atomic mass is 35.5. The number of ether oxygens (including phenoxy) is 1. The summed E-state index contributed by atoms with van der Waals surface area (Å²) in [7, 11) is 0. The molecular weight excluding hydrogens is 418 g/mol. The summed E-state index contributed by atoms with van der Waals surface area (Å²) in [4.78, 5) is 23.0. The minimum atomic E-state index is -0.747. The summed E-state index contributed by atoms with van der Waals surface area (Å²) in [6, 6.07) is 22.1. The minimum Gasteiger partial charge on any atom is -0.488 e. The third-order valence-electron chi connectivity index (χ3n) is 4.23. The van der Waals surface area contributed by atoms with Crippen LogP contribution in [-0.2, 0) is 11.4 Å². The molecule has 0 aliphatic rings. The van der Waals surface area contributed by atoms with Crippen molar-refractivity contribution in [1.82, 2.24) is 0 Å². The maximum absolute atomic E-state index is 12.6. The number of nitro benzene ring substituents is 1. The first-order valence-electron chi connectivity index (χ1n) is 9.11. The fourth-order valence-electron chi connectivity index (χ4n) is 2.68. The number of carbonyl (C=O) groups excluding carboxylic acids is 1. The van der Waals surface area contributed by atoms with E-state index in [0.717, 1.165) is 11.6 Å². The van der Waals surface area contributed by atoms with Crippen LogP contribution in [0.4, 0.5) is 11.4 Å². The van der Waals surface area contributed by atoms with E-state index >= 15 is 0 Å². The fourth-order valence-corrected chi connectivity index (χ4v) is 2.85. The van der Waals surface area contributed by atoms with E-state index in [1.54, 1.807) is 24.3 Å². The van der Waals surface area contributed by atoms with Crippen molar-refractivity contribution in [3.63, 3.8) is 0 Å². The van der Waals surface area contributed by atoms with Crippen molar-refractivity contribution >= 4 is 35.0 Å². The van der Waals surface area contributed by atoms with E-state index in [-0.39, 0.29) is 22.0 Å². The average Bonchev–Trinajstić information content (AvgIpc) is 2.78. The Balaban J connectivity index is 1.82. The van der Waals surface area contributed by atoms with Crippen molar-refractivity contribution in [2.45, 2.75) is 6.61 Å². The molecule has 1 amide bonds. The second-order valence-corrected chi connectivity index (χ2v) is 6.76. The monoisotopic (exact) mass is 433 g/mol. The smallest absolute Gasteiger partial charge is 0.271 e. The molecule has 0 saturated carbocycles. The van der Waals surface area contributed by atoms with Crippen molar-refractivity contribution < 1.29 is 14.5 Å². The lowest BCUT2D eigenvalue weighted by Crippen LogP contribution is -2.14. The number of nitriles is 1. The predicted molar refractivity (Wildman–Crippen MR) is 118 cm³/mol. The Kier molecular flexibility index (Phi) is 6.99. The molecule has 0 atom stereocenters. The van der Waals surface area contributed by atoms with Gasteiger partial charge in [0, 0.05) is 17.7 Å². The molecule has 0 heterocycles. The van der Waals surface area contributed by atoms with Gasteiger partial charge in [0.15, 0.2) is 0 Å². The van der Waals surface area contributed by atoms with Crippen LogP contribution in [0.2, 0.25) is 5.02 Å². The lowest BCUT2D eigenvalue weighted by Gasteiger charge is -2.10. The molecule has 3 aromatic carbocycles. The molecule has 0 fully saturated rings. The van der Waals surface area contributed by atoms with E-state index in [1.165, 1.54) is 18.2 Å². The molecule has 8 heteroatoms. The number of rotatable bonds is 7. The van der Waals surface area contributed by atoms with Crippen molar-refractivity contribution in [3.8, 4) is 11.8 Å². The Bertz CT molecular complexity index is 1190. The average molecular weight is 434 g/mol. The summed E-state index contributed by atoms with van der Waals surface area (Å²) in [5, 5.41) is 23.0. The van der Waals surface area contributed by atoms with E-state index in [2.05, 4.69) is 5.32 Å². The van der Waals surface area contributed by atoms with Gasteiger partial charge in [-0.1, -0.05) is 60.1 Å². The van der Waals surface area contributed by atoms with Gasteiger partial charge in [-0.3, -0.25) is 14.9 Å². The number of nitrogens with zero attached hydrogens (tertiary/aromatic N) is 2. The summed E-state index contributed by atoms with van der Waals surface area (Å²) in [6.07, 6.45) is 1.39. The molecule has 31 heavy (non-hydrogen) atoms. The number of para-hydroxylation sites is 1. The van der Waals surface area contributed by atoms with E-state index in [1.807, 2.05) is 36.4 Å². The number of hydrogen-bond acceptors (Lipinski definition) is 5. The number of nitrogens with one attached hydrogen (secondary N) is 1. The number of anilines is 1. The summed E-state index contributed by atoms with van der Waals surface area (Å²) < 4.78 is 5.85. The van der Waals surface area contributed by atoms with E-state index < -0.39 is 10.8 Å². The van der Waals surface area contributed by atoms with Crippen LogP contribution in [0.3, 0.4) is 0 Å². The number of halogens is 1. The normalized spacial score (nSPS) is 10.8. The molecule has 0 aromatic heterocycles. The standard InChI is InChI=1S/C23H16ClN3O4/c24-20-11-10-19(27(29)30)13-21(20)26-23(28)18(14-25)12-17-8-4-5-9-22(17)31-15-16-6-2-1-3-7-16/h1-13H,15H2,(H,26,28)/b18-12+. The quantitative estimate of drug-likeness (QED) is 0.233. The summed E-state index contributed by atoms with van der Waals surface area (Å²) in [5.41, 5.74) is 1.10. The molecule has 3 aromatic rings. The number of hydrogen-bond donors (Lipinski definition) is 1. The van der Waals surface area contributed by atoms with Crippen molar-refractivity contribution in [2.75, 3.05) is 5.32 Å². The molecule has 0 spiro atoms. The highest BCUT2D eigenvalue weighted by Crippen LogP contribution is 2.28. The molecule has 1 N–H and O–H groups in total. The Morgan fingerprint density at radius 3 is 2.55 bits per heavy atom. The first kappa shape index (κ1) is 21.6. The van der Waals surface area contributed by atoms with Crippen LogP contribution in [0.5, 0.6) is 5.75 Å². The van der Waals surface area contributed by atoms with Crippen molar-refractivity contribution in [3.05, 3.63) is 105 Å². The van der Waals surface area contributed by atoms with Gasteiger partial charge in [0.2, 0.25) is 0 Å². The van der Waals surface area contributed by atoms with Crippen LogP contribution in [0.15, 0.2) is 78.4 Å². The number of amides is 1. The number of benzene rings is 3. The van der Waals surface area contributed by atoms with Crippen LogP contribution in [0, 0.1) is 21.4 Å². The van der Waals surface area contributed by atoms with Crippen LogP contribution in [0.25, 0.3) is 6.08 Å². The Labute approximate surface area is 183 Å². The number of non-ortho nitro benzene ring substituents is 1. The predicted octanol–water partition coefficient (Wildman–Crippen LogP) is 5.37. The van der Waals surface area contributed by atoms with Crippen LogP contribution < -0.4 is 10.1 Å². The molecule has 0 bridgehead atoms. The molecule has 3 rings (SSSR count). The third kappa shape index (κ3) is 5.69. The number of nitro groups is 1. The Morgan fingerprint density at radius 2 is 1.84 bits per heavy atom. The lowest BCUT2D eigenvalue weighted by molar-refractivity contribution is -0.384. The molecule has 0 unspecified atom stereocenters. The summed E-state index contributed by atoms with van der Waals surface area (Å²) >= 11 is 6.02. The third-order valence-corrected chi connectivity index (χ3v) is 4.56. The first-order chi connectivity index (χ1) is 15.0. The van der Waals surface area contributed by atoms with E-state index in [0.29, 0.717) is 17.9 Å². The largest absolute Gasteiger partial charge is 0.488 e. The number of carbonyl (C=O) groups is 1. The second-order valence-electron chi connectivity index (χ2n) is 6.36. The maximum atomic E-state index is 12.6. The van der Waals surface area contributed by atoms with Gasteiger partial charge in [-0.05, 0) is 23.8 Å². The van der Waals surface area contributed by atoms with Gasteiger partial charge in [0.05, 0.1) is 15.6 Å². The van der Waals surface area contributed by atoms with Gasteiger partial charge in [0.25, 0.3) is 11.6 Å². The molecule has 0 aliphatic carbocycles. The van der Waals surface area contributed by atoms with Gasteiger partial charge >= 0.3 is 0 Å². The van der Waals surface area contributed by atoms with Gasteiger partial charge < -0.3 is 10.1 Å². The second kappa shape index (κ2) is 10.1. The molecular formula is C23H16ClN3O4. The minimum absolute atomic E-state index is 0.0376. The first-order valence-corrected chi connectivity index (χ1v) is 9.48. The zero-order valence-electron chi connectivity index (χ0n) is 16.1. The molecule has 154 valence electrons. The molecule has 0 radical (unpaired) electrons. The SMILES string of the molecule is N#C/C(=C\c1ccccc1OCc1ccccc1)C(=O)Nc1cc([N+](=O)[O-])ccc1Cl. The summed E-state index contributed by atoms with van der Waals surface area (Å²) in [5.74, 6) is -0.247. The Morgan fingerprint density at radius 1 is 1.13 bits per heavy atom. The van der Waals surface area contributed by atoms with Crippen LogP contribution in [0.1, 0.15) is 11.1 Å². The maximum Gasteiger partial charge on any atom is 0.271 e. The van der Waals surface area contributed by atoms with Gasteiger partial charge in [-0.2, -0.15) is 5.26 Å². The highest BCUT2D eigenvalue weighted by Gasteiger charge is 2.16. The molecule has 0 aliphatic heterocycles. The van der Waals surface area contributed by atoms with E-state index in [4.69, 9.17) is 16.3 Å². The van der Waals surface area contributed by atoms with Crippen LogP contribution >= 0.6 is 11.6 Å². The zero-order valence-corrected chi connectivity index (χ0v) is 16.9.